The topological polar surface area (TPSA) is 17.8 Å². The summed E-state index contributed by atoms with van der Waals surface area (Å²) in [5, 5.41) is 2.38. The molecule has 0 saturated carbocycles. The summed E-state index contributed by atoms with van der Waals surface area (Å²) < 4.78 is 2.29. The van der Waals surface area contributed by atoms with Gasteiger partial charge in [0.05, 0.1) is 5.52 Å². The zero-order chi connectivity index (χ0) is 28.3. The Morgan fingerprint density at radius 2 is 0.930 bits per heavy atom. The highest BCUT2D eigenvalue weighted by atomic mass is 15.0. The molecule has 0 unspecified atom stereocenters. The number of rotatable bonds is 2. The lowest BCUT2D eigenvalue weighted by atomic mass is 9.78. The van der Waals surface area contributed by atoms with Gasteiger partial charge in [0.25, 0.3) is 0 Å². The Hall–Kier alpha value is -5.73. The Labute approximate surface area is 250 Å². The Morgan fingerprint density at radius 3 is 1.67 bits per heavy atom. The van der Waals surface area contributed by atoms with Gasteiger partial charge in [0.1, 0.15) is 5.65 Å². The fourth-order valence-corrected chi connectivity index (χ4v) is 7.02. The lowest BCUT2D eigenvalue weighted by molar-refractivity contribution is 1.14. The van der Waals surface area contributed by atoms with E-state index in [1.165, 1.54) is 61.0 Å². The predicted molar refractivity (Wildman–Crippen MR) is 179 cm³/mol. The molecule has 0 fully saturated rings. The summed E-state index contributed by atoms with van der Waals surface area (Å²) in [4.78, 5) is 4.83. The maximum absolute atomic E-state index is 4.83. The molecule has 6 aromatic carbocycles. The van der Waals surface area contributed by atoms with Gasteiger partial charge < -0.3 is 0 Å². The first kappa shape index (κ1) is 23.9. The average molecular weight is 547 g/mol. The van der Waals surface area contributed by atoms with E-state index in [-0.39, 0.29) is 0 Å². The SMILES string of the molecule is c1cc(-c2cccc3c2-c2ccccc2-c2ccccc2-c2ccccc2-3)cc(-n2c3ccccc3c3cccnc32)c1. The number of hydrogen-bond acceptors (Lipinski definition) is 1. The van der Waals surface area contributed by atoms with Crippen molar-refractivity contribution in [3.8, 4) is 61.3 Å². The molecule has 2 heteroatoms. The zero-order valence-corrected chi connectivity index (χ0v) is 23.4. The number of hydrogen-bond donors (Lipinski definition) is 0. The number of nitrogens with zero attached hydrogens (tertiary/aromatic N) is 2. The third-order valence-electron chi connectivity index (χ3n) is 8.83. The quantitative estimate of drug-likeness (QED) is 0.211. The normalized spacial score (nSPS) is 11.7. The van der Waals surface area contributed by atoms with Gasteiger partial charge in [0, 0.05) is 22.7 Å². The molecular weight excluding hydrogens is 520 g/mol. The number of para-hydroxylation sites is 1. The van der Waals surface area contributed by atoms with Crippen molar-refractivity contribution in [2.75, 3.05) is 0 Å². The van der Waals surface area contributed by atoms with E-state index in [1.807, 2.05) is 12.3 Å². The van der Waals surface area contributed by atoms with Gasteiger partial charge in [0.15, 0.2) is 0 Å². The second-order valence-electron chi connectivity index (χ2n) is 11.1. The van der Waals surface area contributed by atoms with E-state index in [1.54, 1.807) is 0 Å². The van der Waals surface area contributed by atoms with Crippen LogP contribution in [0.4, 0.5) is 0 Å². The van der Waals surface area contributed by atoms with Crippen LogP contribution < -0.4 is 0 Å². The second kappa shape index (κ2) is 9.40. The summed E-state index contributed by atoms with van der Waals surface area (Å²) in [6.07, 6.45) is 1.88. The van der Waals surface area contributed by atoms with Crippen molar-refractivity contribution in [3.05, 3.63) is 158 Å². The molecule has 0 saturated heterocycles. The van der Waals surface area contributed by atoms with Gasteiger partial charge in [0.2, 0.25) is 0 Å². The van der Waals surface area contributed by atoms with E-state index in [0.717, 1.165) is 22.2 Å². The Kier molecular flexibility index (Phi) is 5.23. The number of pyridine rings is 1. The average Bonchev–Trinajstić information content (AvgIpc) is 3.42. The van der Waals surface area contributed by atoms with Gasteiger partial charge in [-0.2, -0.15) is 0 Å². The smallest absolute Gasteiger partial charge is 0.145 e. The van der Waals surface area contributed by atoms with Gasteiger partial charge >= 0.3 is 0 Å². The molecule has 2 nitrogen and oxygen atoms in total. The van der Waals surface area contributed by atoms with Crippen molar-refractivity contribution in [2.24, 2.45) is 0 Å². The van der Waals surface area contributed by atoms with Crippen LogP contribution in [-0.4, -0.2) is 9.55 Å². The summed E-state index contributed by atoms with van der Waals surface area (Å²) in [6, 6.07) is 54.9. The maximum Gasteiger partial charge on any atom is 0.145 e. The molecule has 0 spiro atoms. The first-order chi connectivity index (χ1) is 21.4. The molecule has 0 bridgehead atoms. The van der Waals surface area contributed by atoms with Crippen molar-refractivity contribution in [2.45, 2.75) is 0 Å². The molecule has 43 heavy (non-hydrogen) atoms. The molecule has 1 aliphatic carbocycles. The molecule has 0 N–H and O–H groups in total. The Morgan fingerprint density at radius 1 is 0.395 bits per heavy atom. The van der Waals surface area contributed by atoms with Crippen molar-refractivity contribution < 1.29 is 0 Å². The molecule has 2 heterocycles. The molecule has 1 aliphatic rings. The zero-order valence-electron chi connectivity index (χ0n) is 23.4. The van der Waals surface area contributed by atoms with Gasteiger partial charge in [-0.3, -0.25) is 4.57 Å². The summed E-state index contributed by atoms with van der Waals surface area (Å²) in [5.41, 5.74) is 15.7. The van der Waals surface area contributed by atoms with Gasteiger partial charge in [-0.25, -0.2) is 4.98 Å². The van der Waals surface area contributed by atoms with E-state index < -0.39 is 0 Å². The molecule has 2 aromatic heterocycles. The van der Waals surface area contributed by atoms with Crippen LogP contribution in [0.3, 0.4) is 0 Å². The van der Waals surface area contributed by atoms with Gasteiger partial charge in [-0.1, -0.05) is 121 Å². The van der Waals surface area contributed by atoms with Gasteiger partial charge in [-0.15, -0.1) is 0 Å². The highest BCUT2D eigenvalue weighted by Gasteiger charge is 2.24. The fraction of sp³-hybridized carbons (Fsp3) is 0. The minimum absolute atomic E-state index is 0.972. The molecule has 0 amide bonds. The summed E-state index contributed by atoms with van der Waals surface area (Å²) in [5.74, 6) is 0. The Bertz CT molecular complexity index is 2300. The van der Waals surface area contributed by atoms with E-state index in [9.17, 15) is 0 Å². The van der Waals surface area contributed by atoms with Crippen molar-refractivity contribution in [3.63, 3.8) is 0 Å². The van der Waals surface area contributed by atoms with Crippen LogP contribution in [0, 0.1) is 0 Å². The third-order valence-corrected chi connectivity index (χ3v) is 8.83. The first-order valence-electron chi connectivity index (χ1n) is 14.7. The van der Waals surface area contributed by atoms with Crippen LogP contribution in [0.15, 0.2) is 158 Å². The molecule has 0 radical (unpaired) electrons. The number of fused-ring (bicyclic) bond motifs is 11. The predicted octanol–water partition coefficient (Wildman–Crippen LogP) is 10.8. The van der Waals surface area contributed by atoms with Crippen molar-refractivity contribution >= 4 is 21.9 Å². The van der Waals surface area contributed by atoms with Crippen LogP contribution >= 0.6 is 0 Å². The summed E-state index contributed by atoms with van der Waals surface area (Å²) >= 11 is 0. The molecule has 0 atom stereocenters. The van der Waals surface area contributed by atoms with Gasteiger partial charge in [-0.05, 0) is 86.0 Å². The largest absolute Gasteiger partial charge is 0.294 e. The van der Waals surface area contributed by atoms with E-state index in [2.05, 4.69) is 150 Å². The Balaban J connectivity index is 1.34. The van der Waals surface area contributed by atoms with Crippen LogP contribution in [0.1, 0.15) is 0 Å². The summed E-state index contributed by atoms with van der Waals surface area (Å²) in [6.45, 7) is 0. The highest BCUT2D eigenvalue weighted by Crippen LogP contribution is 2.50. The molecular formula is C41H26N2. The molecule has 0 aliphatic heterocycles. The van der Waals surface area contributed by atoms with Crippen LogP contribution in [0.25, 0.3) is 83.3 Å². The fourth-order valence-electron chi connectivity index (χ4n) is 7.02. The van der Waals surface area contributed by atoms with Crippen molar-refractivity contribution in [1.29, 1.82) is 0 Å². The van der Waals surface area contributed by atoms with Crippen LogP contribution in [0.2, 0.25) is 0 Å². The molecule has 200 valence electrons. The lowest BCUT2D eigenvalue weighted by Gasteiger charge is -2.25. The van der Waals surface area contributed by atoms with E-state index in [0.29, 0.717) is 0 Å². The first-order valence-corrected chi connectivity index (χ1v) is 14.7. The minimum Gasteiger partial charge on any atom is -0.294 e. The van der Waals surface area contributed by atoms with Crippen molar-refractivity contribution in [1.82, 2.24) is 9.55 Å². The standard InChI is InChI=1S/C41H26N2/c1-2-15-31-30(14-1)32-16-3-4-17-34(32)37-22-10-21-29(40(37)36-20-6-5-18-33(31)36)27-12-9-13-28(26-27)43-39-24-8-7-19-35(39)38-23-11-25-42-41(38)43/h1-26H. The third kappa shape index (κ3) is 3.57. The summed E-state index contributed by atoms with van der Waals surface area (Å²) in [7, 11) is 0. The number of benzene rings is 6. The van der Waals surface area contributed by atoms with E-state index in [4.69, 9.17) is 4.98 Å². The highest BCUT2D eigenvalue weighted by molar-refractivity contribution is 6.09. The van der Waals surface area contributed by atoms with Crippen LogP contribution in [-0.2, 0) is 0 Å². The second-order valence-corrected chi connectivity index (χ2v) is 11.1. The lowest BCUT2D eigenvalue weighted by Crippen LogP contribution is -1.99. The number of aromatic nitrogens is 2. The minimum atomic E-state index is 0.972. The van der Waals surface area contributed by atoms with Crippen LogP contribution in [0.5, 0.6) is 0 Å². The molecule has 8 aromatic rings. The van der Waals surface area contributed by atoms with E-state index >= 15 is 0 Å². The molecule has 9 rings (SSSR count). The monoisotopic (exact) mass is 546 g/mol. The maximum atomic E-state index is 4.83.